The van der Waals surface area contributed by atoms with Crippen LogP contribution in [0.4, 0.5) is 17.1 Å². The van der Waals surface area contributed by atoms with E-state index in [2.05, 4.69) is 5.10 Å². The van der Waals surface area contributed by atoms with Crippen molar-refractivity contribution >= 4 is 34.6 Å². The van der Waals surface area contributed by atoms with E-state index in [-0.39, 0.29) is 23.2 Å². The van der Waals surface area contributed by atoms with Crippen LogP contribution in [0.1, 0.15) is 5.56 Å². The Kier molecular flexibility index (Phi) is 4.15. The third kappa shape index (κ3) is 2.92. The molecule has 2 aromatic rings. The van der Waals surface area contributed by atoms with Crippen molar-refractivity contribution in [3.05, 3.63) is 45.2 Å². The van der Waals surface area contributed by atoms with Gasteiger partial charge in [0.05, 0.1) is 34.1 Å². The zero-order valence-corrected chi connectivity index (χ0v) is 14.0. The molecule has 0 aliphatic carbocycles. The van der Waals surface area contributed by atoms with Gasteiger partial charge in [-0.25, -0.2) is 0 Å². The van der Waals surface area contributed by atoms with Crippen LogP contribution in [-0.2, 0) is 11.8 Å². The number of amides is 1. The van der Waals surface area contributed by atoms with E-state index in [9.17, 15) is 14.9 Å². The first-order valence-corrected chi connectivity index (χ1v) is 7.73. The minimum Gasteiger partial charge on any atom is -0.359 e. The second-order valence-corrected chi connectivity index (χ2v) is 6.09. The summed E-state index contributed by atoms with van der Waals surface area (Å²) < 4.78 is 1.64. The number of rotatable bonds is 3. The van der Waals surface area contributed by atoms with E-state index in [0.29, 0.717) is 24.3 Å². The molecule has 8 nitrogen and oxygen atoms in total. The van der Waals surface area contributed by atoms with Crippen LogP contribution in [0, 0.1) is 17.0 Å². The summed E-state index contributed by atoms with van der Waals surface area (Å²) in [6, 6.07) is 3.00. The largest absolute Gasteiger partial charge is 0.359 e. The molecule has 0 bridgehead atoms. The highest BCUT2D eigenvalue weighted by Crippen LogP contribution is 2.33. The summed E-state index contributed by atoms with van der Waals surface area (Å²) in [5, 5.41) is 15.3. The lowest BCUT2D eigenvalue weighted by atomic mass is 10.1. The minimum atomic E-state index is -0.462. The first-order chi connectivity index (χ1) is 11.4. The Morgan fingerprint density at radius 3 is 2.67 bits per heavy atom. The van der Waals surface area contributed by atoms with Gasteiger partial charge < -0.3 is 9.80 Å². The predicted octanol–water partition coefficient (Wildman–Crippen LogP) is 2.14. The third-order valence-corrected chi connectivity index (χ3v) is 4.33. The average molecular weight is 350 g/mol. The molecule has 1 aliphatic rings. The molecule has 1 amide bonds. The van der Waals surface area contributed by atoms with Crippen molar-refractivity contribution in [3.8, 4) is 0 Å². The molecule has 0 atom stereocenters. The van der Waals surface area contributed by atoms with Gasteiger partial charge >= 0.3 is 0 Å². The van der Waals surface area contributed by atoms with E-state index in [1.165, 1.54) is 6.07 Å². The van der Waals surface area contributed by atoms with Crippen LogP contribution < -0.4 is 9.80 Å². The maximum Gasteiger partial charge on any atom is 0.273 e. The smallest absolute Gasteiger partial charge is 0.273 e. The van der Waals surface area contributed by atoms with Gasteiger partial charge in [0, 0.05) is 38.0 Å². The number of anilines is 2. The number of carbonyl (C=O) groups is 1. The molecule has 126 valence electrons. The summed E-state index contributed by atoms with van der Waals surface area (Å²) >= 11 is 6.20. The van der Waals surface area contributed by atoms with Crippen molar-refractivity contribution in [2.45, 2.75) is 6.92 Å². The molecule has 0 N–H and O–H groups in total. The summed E-state index contributed by atoms with van der Waals surface area (Å²) in [4.78, 5) is 26.5. The van der Waals surface area contributed by atoms with E-state index >= 15 is 0 Å². The number of piperazine rings is 1. The van der Waals surface area contributed by atoms with E-state index < -0.39 is 4.92 Å². The monoisotopic (exact) mass is 349 g/mol. The number of benzene rings is 1. The fourth-order valence-electron chi connectivity index (χ4n) is 2.79. The topological polar surface area (TPSA) is 84.5 Å². The number of nitrogens with zero attached hydrogens (tertiary/aromatic N) is 5. The fraction of sp³-hybridized carbons (Fsp3) is 0.333. The van der Waals surface area contributed by atoms with Gasteiger partial charge in [-0.15, -0.1) is 0 Å². The number of carbonyl (C=O) groups excluding carboxylic acids is 1. The number of nitro groups is 1. The van der Waals surface area contributed by atoms with Crippen molar-refractivity contribution in [2.24, 2.45) is 7.05 Å². The van der Waals surface area contributed by atoms with E-state index in [0.717, 1.165) is 5.69 Å². The normalized spacial score (nSPS) is 15.0. The maximum atomic E-state index is 12.5. The molecule has 1 saturated heterocycles. The third-order valence-electron chi connectivity index (χ3n) is 4.03. The molecule has 1 aromatic heterocycles. The summed E-state index contributed by atoms with van der Waals surface area (Å²) in [7, 11) is 1.80. The van der Waals surface area contributed by atoms with Crippen molar-refractivity contribution in [1.29, 1.82) is 0 Å². The van der Waals surface area contributed by atoms with E-state index in [1.54, 1.807) is 42.0 Å². The Bertz CT molecular complexity index is 819. The summed E-state index contributed by atoms with van der Waals surface area (Å²) in [6.07, 6.45) is 3.44. The molecule has 0 unspecified atom stereocenters. The van der Waals surface area contributed by atoms with Crippen LogP contribution in [0.3, 0.4) is 0 Å². The zero-order valence-electron chi connectivity index (χ0n) is 13.3. The first-order valence-electron chi connectivity index (χ1n) is 7.35. The van der Waals surface area contributed by atoms with Crippen LogP contribution in [-0.4, -0.2) is 40.2 Å². The van der Waals surface area contributed by atoms with E-state index in [4.69, 9.17) is 11.6 Å². The first kappa shape index (κ1) is 16.3. The van der Waals surface area contributed by atoms with Crippen LogP contribution in [0.5, 0.6) is 0 Å². The molecule has 9 heteroatoms. The lowest BCUT2D eigenvalue weighted by Crippen LogP contribution is -2.50. The fourth-order valence-corrected chi connectivity index (χ4v) is 3.07. The van der Waals surface area contributed by atoms with Crippen molar-refractivity contribution in [1.82, 2.24) is 9.78 Å². The van der Waals surface area contributed by atoms with Gasteiger partial charge in [0.15, 0.2) is 0 Å². The van der Waals surface area contributed by atoms with Gasteiger partial charge in [0.1, 0.15) is 0 Å². The standard InChI is InChI=1S/C15H16ClN5O3/c1-10-5-14(12(16)6-13(10)21(23)24)19-3-4-20(15(22)9-19)11-7-17-18(2)8-11/h5-8H,3-4,9H2,1-2H3. The highest BCUT2D eigenvalue weighted by atomic mass is 35.5. The summed E-state index contributed by atoms with van der Waals surface area (Å²) in [5.74, 6) is -0.0682. The molecule has 1 aliphatic heterocycles. The van der Waals surface area contributed by atoms with Crippen molar-refractivity contribution in [3.63, 3.8) is 0 Å². The van der Waals surface area contributed by atoms with Crippen LogP contribution in [0.15, 0.2) is 24.5 Å². The van der Waals surface area contributed by atoms with Crippen LogP contribution in [0.2, 0.25) is 5.02 Å². The second-order valence-electron chi connectivity index (χ2n) is 5.69. The number of aryl methyl sites for hydroxylation is 2. The molecule has 24 heavy (non-hydrogen) atoms. The number of hydrogen-bond acceptors (Lipinski definition) is 5. The van der Waals surface area contributed by atoms with Crippen molar-refractivity contribution in [2.75, 3.05) is 29.4 Å². The molecule has 0 spiro atoms. The van der Waals surface area contributed by atoms with Crippen LogP contribution >= 0.6 is 11.6 Å². The molecule has 1 fully saturated rings. The quantitative estimate of drug-likeness (QED) is 0.626. The summed E-state index contributed by atoms with van der Waals surface area (Å²) in [6.45, 7) is 2.89. The molecular formula is C15H16ClN5O3. The SMILES string of the molecule is Cc1cc(N2CCN(c3cnn(C)c3)C(=O)C2)c(Cl)cc1[N+](=O)[O-]. The lowest BCUT2D eigenvalue weighted by molar-refractivity contribution is -0.385. The number of aromatic nitrogens is 2. The molecule has 2 heterocycles. The summed E-state index contributed by atoms with van der Waals surface area (Å²) in [5.41, 5.74) is 1.89. The highest BCUT2D eigenvalue weighted by Gasteiger charge is 2.28. The molecule has 1 aromatic carbocycles. The highest BCUT2D eigenvalue weighted by molar-refractivity contribution is 6.33. The lowest BCUT2D eigenvalue weighted by Gasteiger charge is -2.35. The van der Waals surface area contributed by atoms with Gasteiger partial charge in [-0.05, 0) is 13.0 Å². The van der Waals surface area contributed by atoms with E-state index in [1.807, 2.05) is 4.90 Å². The molecule has 0 saturated carbocycles. The van der Waals surface area contributed by atoms with Crippen LogP contribution in [0.25, 0.3) is 0 Å². The zero-order chi connectivity index (χ0) is 17.4. The predicted molar refractivity (Wildman–Crippen MR) is 90.6 cm³/mol. The molecule has 3 rings (SSSR count). The van der Waals surface area contributed by atoms with Crippen molar-refractivity contribution < 1.29 is 9.72 Å². The Morgan fingerprint density at radius 1 is 1.33 bits per heavy atom. The Hall–Kier alpha value is -2.61. The Morgan fingerprint density at radius 2 is 2.08 bits per heavy atom. The second kappa shape index (κ2) is 6.12. The minimum absolute atomic E-state index is 0.0240. The van der Waals surface area contributed by atoms with Gasteiger partial charge in [0.2, 0.25) is 5.91 Å². The number of nitro benzene ring substituents is 1. The van der Waals surface area contributed by atoms with Gasteiger partial charge in [-0.2, -0.15) is 5.10 Å². The van der Waals surface area contributed by atoms with Gasteiger partial charge in [-0.3, -0.25) is 19.6 Å². The van der Waals surface area contributed by atoms with Gasteiger partial charge in [-0.1, -0.05) is 11.6 Å². The molecular weight excluding hydrogens is 334 g/mol. The maximum absolute atomic E-state index is 12.5. The van der Waals surface area contributed by atoms with Gasteiger partial charge in [0.25, 0.3) is 5.69 Å². The number of halogens is 1. The number of hydrogen-bond donors (Lipinski definition) is 0. The Labute approximate surface area is 143 Å². The molecule has 0 radical (unpaired) electrons. The average Bonchev–Trinajstić information content (AvgIpc) is 2.95. The Balaban J connectivity index is 1.82.